The minimum absolute atomic E-state index is 0.0458. The molecule has 0 spiro atoms. The van der Waals surface area contributed by atoms with Gasteiger partial charge < -0.3 is 15.3 Å². The lowest BCUT2D eigenvalue weighted by Crippen LogP contribution is -2.56. The molecule has 0 aliphatic carbocycles. The summed E-state index contributed by atoms with van der Waals surface area (Å²) in [6.45, 7) is 3.08. The van der Waals surface area contributed by atoms with Gasteiger partial charge in [-0.3, -0.25) is 4.79 Å². The smallest absolute Gasteiger partial charge is 0.317 e. The van der Waals surface area contributed by atoms with Crippen molar-refractivity contribution in [2.75, 3.05) is 13.1 Å². The van der Waals surface area contributed by atoms with Gasteiger partial charge in [-0.1, -0.05) is 30.7 Å². The Morgan fingerprint density at radius 2 is 2.20 bits per heavy atom. The first-order valence-corrected chi connectivity index (χ1v) is 6.85. The van der Waals surface area contributed by atoms with Crippen LogP contribution in [0.1, 0.15) is 12.5 Å². The number of benzene rings is 1. The Balaban J connectivity index is 1.76. The van der Waals surface area contributed by atoms with Crippen molar-refractivity contribution in [1.29, 1.82) is 0 Å². The number of urea groups is 1. The number of likely N-dealkylation sites (tertiary alicyclic amines) is 1. The number of hydrogen-bond donors (Lipinski definition) is 2. The summed E-state index contributed by atoms with van der Waals surface area (Å²) in [6.07, 6.45) is 0. The highest BCUT2D eigenvalue weighted by molar-refractivity contribution is 6.30. The van der Waals surface area contributed by atoms with E-state index in [-0.39, 0.29) is 11.9 Å². The minimum Gasteiger partial charge on any atom is -0.481 e. The number of carbonyl (C=O) groups is 2. The zero-order valence-electron chi connectivity index (χ0n) is 11.2. The molecular formula is C14H17ClN2O3. The molecule has 1 unspecified atom stereocenters. The molecule has 1 atom stereocenters. The summed E-state index contributed by atoms with van der Waals surface area (Å²) in [6, 6.07) is 7.13. The first kappa shape index (κ1) is 14.7. The monoisotopic (exact) mass is 296 g/mol. The number of rotatable bonds is 4. The van der Waals surface area contributed by atoms with Crippen LogP contribution in [0.25, 0.3) is 0 Å². The van der Waals surface area contributed by atoms with Gasteiger partial charge in [-0.25, -0.2) is 4.79 Å². The predicted molar refractivity (Wildman–Crippen MR) is 75.6 cm³/mol. The highest BCUT2D eigenvalue weighted by Crippen LogP contribution is 2.24. The van der Waals surface area contributed by atoms with Gasteiger partial charge in [0, 0.05) is 30.6 Å². The summed E-state index contributed by atoms with van der Waals surface area (Å²) < 4.78 is 0. The number of carboxylic acids is 1. The van der Waals surface area contributed by atoms with Gasteiger partial charge in [0.2, 0.25) is 0 Å². The number of carboxylic acid groups (broad SMARTS) is 1. The Morgan fingerprint density at radius 3 is 2.80 bits per heavy atom. The lowest BCUT2D eigenvalue weighted by molar-refractivity contribution is -0.144. The molecule has 2 N–H and O–H groups in total. The van der Waals surface area contributed by atoms with E-state index in [0.29, 0.717) is 24.7 Å². The molecule has 1 saturated heterocycles. The van der Waals surface area contributed by atoms with Crippen molar-refractivity contribution < 1.29 is 14.7 Å². The second kappa shape index (κ2) is 6.13. The van der Waals surface area contributed by atoms with Crippen LogP contribution >= 0.6 is 11.6 Å². The van der Waals surface area contributed by atoms with Gasteiger partial charge in [-0.2, -0.15) is 0 Å². The number of carbonyl (C=O) groups excluding carboxylic acids is 1. The third-order valence-electron chi connectivity index (χ3n) is 3.63. The van der Waals surface area contributed by atoms with E-state index < -0.39 is 11.9 Å². The summed E-state index contributed by atoms with van der Waals surface area (Å²) in [5, 5.41) is 12.3. The zero-order chi connectivity index (χ0) is 14.7. The molecule has 1 aliphatic rings. The van der Waals surface area contributed by atoms with Gasteiger partial charge in [-0.05, 0) is 17.7 Å². The molecular weight excluding hydrogens is 280 g/mol. The molecule has 0 aromatic heterocycles. The third kappa shape index (κ3) is 3.42. The van der Waals surface area contributed by atoms with E-state index in [1.54, 1.807) is 24.0 Å². The van der Waals surface area contributed by atoms with Crippen LogP contribution in [-0.2, 0) is 11.3 Å². The molecule has 0 bridgehead atoms. The molecule has 6 heteroatoms. The minimum atomic E-state index is -0.811. The van der Waals surface area contributed by atoms with Gasteiger partial charge in [0.25, 0.3) is 0 Å². The zero-order valence-corrected chi connectivity index (χ0v) is 11.9. The van der Waals surface area contributed by atoms with E-state index in [1.165, 1.54) is 0 Å². The fourth-order valence-electron chi connectivity index (χ4n) is 2.13. The van der Waals surface area contributed by atoms with Crippen molar-refractivity contribution >= 4 is 23.6 Å². The number of halogens is 1. The van der Waals surface area contributed by atoms with Crippen molar-refractivity contribution in [3.8, 4) is 0 Å². The van der Waals surface area contributed by atoms with E-state index in [9.17, 15) is 9.59 Å². The highest BCUT2D eigenvalue weighted by atomic mass is 35.5. The first-order chi connectivity index (χ1) is 9.47. The Bertz CT molecular complexity index is 515. The van der Waals surface area contributed by atoms with Gasteiger partial charge in [0.1, 0.15) is 0 Å². The van der Waals surface area contributed by atoms with Crippen LogP contribution in [0.15, 0.2) is 24.3 Å². The Labute approximate surface area is 122 Å². The summed E-state index contributed by atoms with van der Waals surface area (Å²) in [7, 11) is 0. The molecule has 0 saturated carbocycles. The second-order valence-corrected chi connectivity index (χ2v) is 5.52. The molecule has 0 radical (unpaired) electrons. The quantitative estimate of drug-likeness (QED) is 0.895. The molecule has 20 heavy (non-hydrogen) atoms. The van der Waals surface area contributed by atoms with Crippen LogP contribution in [0.5, 0.6) is 0 Å². The molecule has 1 aliphatic heterocycles. The van der Waals surface area contributed by atoms with Crippen molar-refractivity contribution in [2.45, 2.75) is 13.5 Å². The van der Waals surface area contributed by atoms with Gasteiger partial charge in [-0.15, -0.1) is 0 Å². The Morgan fingerprint density at radius 1 is 1.50 bits per heavy atom. The van der Waals surface area contributed by atoms with Crippen LogP contribution in [0, 0.1) is 11.8 Å². The van der Waals surface area contributed by atoms with Crippen LogP contribution in [0.4, 0.5) is 4.79 Å². The maximum atomic E-state index is 11.9. The normalized spacial score (nSPS) is 16.4. The van der Waals surface area contributed by atoms with Crippen LogP contribution in [0.2, 0.25) is 5.02 Å². The Kier molecular flexibility index (Phi) is 4.49. The molecule has 108 valence electrons. The van der Waals surface area contributed by atoms with Crippen molar-refractivity contribution in [2.24, 2.45) is 11.8 Å². The van der Waals surface area contributed by atoms with Gasteiger partial charge in [0.05, 0.1) is 5.92 Å². The summed E-state index contributed by atoms with van der Waals surface area (Å²) in [4.78, 5) is 24.3. The lowest BCUT2D eigenvalue weighted by Gasteiger charge is -2.41. The third-order valence-corrected chi connectivity index (χ3v) is 3.86. The largest absolute Gasteiger partial charge is 0.481 e. The molecule has 1 fully saturated rings. The van der Waals surface area contributed by atoms with Gasteiger partial charge >= 0.3 is 12.0 Å². The van der Waals surface area contributed by atoms with E-state index in [0.717, 1.165) is 5.56 Å². The fraction of sp³-hybridized carbons (Fsp3) is 0.429. The molecule has 2 rings (SSSR count). The van der Waals surface area contributed by atoms with Crippen LogP contribution < -0.4 is 5.32 Å². The average Bonchev–Trinajstić information content (AvgIpc) is 2.34. The van der Waals surface area contributed by atoms with Crippen molar-refractivity contribution in [1.82, 2.24) is 10.2 Å². The molecule has 2 amide bonds. The molecule has 5 nitrogen and oxygen atoms in total. The van der Waals surface area contributed by atoms with E-state index in [4.69, 9.17) is 16.7 Å². The lowest BCUT2D eigenvalue weighted by atomic mass is 9.87. The van der Waals surface area contributed by atoms with Crippen LogP contribution in [-0.4, -0.2) is 35.1 Å². The second-order valence-electron chi connectivity index (χ2n) is 5.08. The number of nitrogens with zero attached hydrogens (tertiary/aromatic N) is 1. The molecule has 1 aromatic rings. The predicted octanol–water partition coefficient (Wildman–Crippen LogP) is 2.20. The standard InChI is InChI=1S/C14H17ClN2O3/c1-9(13(18)19)11-7-17(8-11)14(20)16-6-10-3-2-4-12(15)5-10/h2-5,9,11H,6-8H2,1H3,(H,16,20)(H,18,19). The maximum absolute atomic E-state index is 11.9. The van der Waals surface area contributed by atoms with Crippen LogP contribution in [0.3, 0.4) is 0 Å². The molecule has 1 aromatic carbocycles. The SMILES string of the molecule is CC(C(=O)O)C1CN(C(=O)NCc2cccc(Cl)c2)C1. The summed E-state index contributed by atoms with van der Waals surface area (Å²) >= 11 is 5.87. The number of hydrogen-bond acceptors (Lipinski definition) is 2. The van der Waals surface area contributed by atoms with Crippen molar-refractivity contribution in [3.05, 3.63) is 34.9 Å². The summed E-state index contributed by atoms with van der Waals surface area (Å²) in [5.41, 5.74) is 0.932. The topological polar surface area (TPSA) is 69.6 Å². The number of amides is 2. The number of aliphatic carboxylic acids is 1. The van der Waals surface area contributed by atoms with Crippen molar-refractivity contribution in [3.63, 3.8) is 0 Å². The number of nitrogens with one attached hydrogen (secondary N) is 1. The van der Waals surface area contributed by atoms with E-state index >= 15 is 0 Å². The van der Waals surface area contributed by atoms with Gasteiger partial charge in [0.15, 0.2) is 0 Å². The average molecular weight is 297 g/mol. The Hall–Kier alpha value is -1.75. The van der Waals surface area contributed by atoms with E-state index in [2.05, 4.69) is 5.32 Å². The maximum Gasteiger partial charge on any atom is 0.317 e. The fourth-order valence-corrected chi connectivity index (χ4v) is 2.35. The molecule has 1 heterocycles. The summed E-state index contributed by atoms with van der Waals surface area (Å²) in [5.74, 6) is -1.18. The first-order valence-electron chi connectivity index (χ1n) is 6.47. The van der Waals surface area contributed by atoms with E-state index in [1.807, 2.05) is 12.1 Å². The highest BCUT2D eigenvalue weighted by Gasteiger charge is 2.36.